The van der Waals surface area contributed by atoms with Crippen LogP contribution in [0.2, 0.25) is 0 Å². The third-order valence-electron chi connectivity index (χ3n) is 3.67. The van der Waals surface area contributed by atoms with Gasteiger partial charge in [0, 0.05) is 18.2 Å². The Bertz CT molecular complexity index is 403. The fraction of sp³-hybridized carbons (Fsp3) is 0.600. The summed E-state index contributed by atoms with van der Waals surface area (Å²) in [6, 6.07) is 8.70. The zero-order chi connectivity index (χ0) is 13.2. The third-order valence-corrected chi connectivity index (χ3v) is 3.67. The molecule has 0 radical (unpaired) electrons. The number of ether oxygens (including phenoxy) is 1. The Morgan fingerprint density at radius 2 is 2.11 bits per heavy atom. The van der Waals surface area contributed by atoms with Crippen molar-refractivity contribution in [2.45, 2.75) is 51.3 Å². The fourth-order valence-electron chi connectivity index (χ4n) is 2.62. The van der Waals surface area contributed by atoms with E-state index in [0.29, 0.717) is 6.04 Å². The van der Waals surface area contributed by atoms with E-state index in [0.717, 1.165) is 18.6 Å². The van der Waals surface area contributed by atoms with E-state index in [1.807, 2.05) is 18.2 Å². The Hall–Kier alpha value is -1.06. The Labute approximate surface area is 109 Å². The zero-order valence-electron chi connectivity index (χ0n) is 11.4. The lowest BCUT2D eigenvalue weighted by Crippen LogP contribution is -2.43. The maximum Gasteiger partial charge on any atom is 0.125 e. The Kier molecular flexibility index (Phi) is 3.93. The van der Waals surface area contributed by atoms with Gasteiger partial charge in [-0.15, -0.1) is 0 Å². The number of nitrogens with one attached hydrogen (secondary N) is 1. The van der Waals surface area contributed by atoms with Crippen LogP contribution in [0.1, 0.15) is 45.2 Å². The van der Waals surface area contributed by atoms with Crippen LogP contribution in [-0.2, 0) is 0 Å². The highest BCUT2D eigenvalue weighted by molar-refractivity contribution is 5.42. The molecule has 1 heterocycles. The maximum atomic E-state index is 9.10. The molecule has 1 aliphatic heterocycles. The summed E-state index contributed by atoms with van der Waals surface area (Å²) in [4.78, 5) is 0. The van der Waals surface area contributed by atoms with Crippen LogP contribution in [0.15, 0.2) is 24.3 Å². The van der Waals surface area contributed by atoms with Crippen molar-refractivity contribution < 1.29 is 9.84 Å². The van der Waals surface area contributed by atoms with Crippen LogP contribution in [0.4, 0.5) is 0 Å². The van der Waals surface area contributed by atoms with Crippen molar-refractivity contribution >= 4 is 0 Å². The third kappa shape index (κ3) is 2.52. The second-order valence-electron chi connectivity index (χ2n) is 5.46. The molecule has 18 heavy (non-hydrogen) atoms. The molecule has 0 aliphatic carbocycles. The highest BCUT2D eigenvalue weighted by Gasteiger charge is 2.41. The second kappa shape index (κ2) is 5.29. The van der Waals surface area contributed by atoms with E-state index >= 15 is 0 Å². The van der Waals surface area contributed by atoms with Gasteiger partial charge in [0.1, 0.15) is 11.4 Å². The number of aliphatic hydroxyl groups is 1. The Balaban J connectivity index is 2.20. The number of benzene rings is 1. The summed E-state index contributed by atoms with van der Waals surface area (Å²) in [7, 11) is 0. The van der Waals surface area contributed by atoms with Gasteiger partial charge in [-0.1, -0.05) is 25.1 Å². The van der Waals surface area contributed by atoms with Crippen molar-refractivity contribution in [3.63, 3.8) is 0 Å². The van der Waals surface area contributed by atoms with Gasteiger partial charge in [-0.25, -0.2) is 0 Å². The monoisotopic (exact) mass is 249 g/mol. The van der Waals surface area contributed by atoms with Crippen molar-refractivity contribution in [3.8, 4) is 5.75 Å². The lowest BCUT2D eigenvalue weighted by atomic mass is 9.93. The lowest BCUT2D eigenvalue weighted by molar-refractivity contribution is 0.0881. The summed E-state index contributed by atoms with van der Waals surface area (Å²) >= 11 is 0. The van der Waals surface area contributed by atoms with Gasteiger partial charge >= 0.3 is 0 Å². The molecule has 3 nitrogen and oxygen atoms in total. The maximum absolute atomic E-state index is 9.10. The molecule has 0 bridgehead atoms. The molecule has 0 spiro atoms. The van der Waals surface area contributed by atoms with Gasteiger partial charge < -0.3 is 15.2 Å². The summed E-state index contributed by atoms with van der Waals surface area (Å²) in [6.45, 7) is 6.58. The molecule has 2 unspecified atom stereocenters. The minimum absolute atomic E-state index is 0.185. The average molecular weight is 249 g/mol. The highest BCUT2D eigenvalue weighted by Crippen LogP contribution is 2.43. The quantitative estimate of drug-likeness (QED) is 0.843. The van der Waals surface area contributed by atoms with Gasteiger partial charge in [0.25, 0.3) is 0 Å². The number of aliphatic hydroxyl groups excluding tert-OH is 1. The van der Waals surface area contributed by atoms with Gasteiger partial charge in [-0.05, 0) is 32.8 Å². The molecule has 2 N–H and O–H groups in total. The van der Waals surface area contributed by atoms with Gasteiger partial charge in [-0.3, -0.25) is 0 Å². The van der Waals surface area contributed by atoms with E-state index in [2.05, 4.69) is 32.2 Å². The number of para-hydroxylation sites is 1. The molecule has 0 fully saturated rings. The SMILES string of the molecule is CCC(CCO)NC1c2ccccc2OC1(C)C. The molecule has 0 saturated carbocycles. The molecule has 0 saturated heterocycles. The van der Waals surface area contributed by atoms with Crippen LogP contribution in [0, 0.1) is 0 Å². The molecular weight excluding hydrogens is 226 g/mol. The molecule has 3 heteroatoms. The molecule has 2 rings (SSSR count). The van der Waals surface area contributed by atoms with Gasteiger partial charge in [0.05, 0.1) is 6.04 Å². The average Bonchev–Trinajstić information content (AvgIpc) is 2.59. The first-order chi connectivity index (χ1) is 8.58. The van der Waals surface area contributed by atoms with E-state index in [1.54, 1.807) is 0 Å². The Morgan fingerprint density at radius 1 is 1.39 bits per heavy atom. The van der Waals surface area contributed by atoms with E-state index < -0.39 is 0 Å². The number of hydrogen-bond acceptors (Lipinski definition) is 3. The van der Waals surface area contributed by atoms with Crippen LogP contribution in [0.5, 0.6) is 5.75 Å². The van der Waals surface area contributed by atoms with E-state index in [-0.39, 0.29) is 18.2 Å². The largest absolute Gasteiger partial charge is 0.486 e. The van der Waals surface area contributed by atoms with Crippen LogP contribution >= 0.6 is 0 Å². The van der Waals surface area contributed by atoms with Crippen molar-refractivity contribution in [2.75, 3.05) is 6.61 Å². The highest BCUT2D eigenvalue weighted by atomic mass is 16.5. The summed E-state index contributed by atoms with van der Waals surface area (Å²) in [5, 5.41) is 12.7. The topological polar surface area (TPSA) is 41.5 Å². The standard InChI is InChI=1S/C15H23NO2/c1-4-11(9-10-17)16-14-12-7-5-6-8-13(12)18-15(14,2)3/h5-8,11,14,16-17H,4,9-10H2,1-3H3. The summed E-state index contributed by atoms with van der Waals surface area (Å²) in [6.07, 6.45) is 1.79. The van der Waals surface area contributed by atoms with Crippen LogP contribution in [-0.4, -0.2) is 23.4 Å². The molecule has 2 atom stereocenters. The van der Waals surface area contributed by atoms with Crippen LogP contribution in [0.25, 0.3) is 0 Å². The number of rotatable bonds is 5. The van der Waals surface area contributed by atoms with E-state index in [9.17, 15) is 0 Å². The van der Waals surface area contributed by atoms with Crippen molar-refractivity contribution in [1.29, 1.82) is 0 Å². The first-order valence-electron chi connectivity index (χ1n) is 6.73. The summed E-state index contributed by atoms with van der Waals surface area (Å²) in [5.74, 6) is 0.971. The van der Waals surface area contributed by atoms with E-state index in [4.69, 9.17) is 9.84 Å². The zero-order valence-corrected chi connectivity index (χ0v) is 11.4. The molecule has 0 aromatic heterocycles. The lowest BCUT2D eigenvalue weighted by Gasteiger charge is -2.30. The number of hydrogen-bond donors (Lipinski definition) is 2. The number of fused-ring (bicyclic) bond motifs is 1. The van der Waals surface area contributed by atoms with Gasteiger partial charge in [0.2, 0.25) is 0 Å². The molecular formula is C15H23NO2. The summed E-state index contributed by atoms with van der Waals surface area (Å²) in [5.41, 5.74) is 0.978. The first-order valence-corrected chi connectivity index (χ1v) is 6.73. The fourth-order valence-corrected chi connectivity index (χ4v) is 2.62. The Morgan fingerprint density at radius 3 is 2.78 bits per heavy atom. The van der Waals surface area contributed by atoms with E-state index in [1.165, 1.54) is 5.56 Å². The molecule has 0 amide bonds. The molecule has 1 aromatic rings. The minimum Gasteiger partial charge on any atom is -0.486 e. The second-order valence-corrected chi connectivity index (χ2v) is 5.46. The van der Waals surface area contributed by atoms with Gasteiger partial charge in [0.15, 0.2) is 0 Å². The molecule has 1 aromatic carbocycles. The van der Waals surface area contributed by atoms with Crippen molar-refractivity contribution in [1.82, 2.24) is 5.32 Å². The minimum atomic E-state index is -0.243. The van der Waals surface area contributed by atoms with Crippen molar-refractivity contribution in [3.05, 3.63) is 29.8 Å². The normalized spacial score (nSPS) is 22.3. The smallest absolute Gasteiger partial charge is 0.125 e. The van der Waals surface area contributed by atoms with Crippen molar-refractivity contribution in [2.24, 2.45) is 0 Å². The predicted octanol–water partition coefficient (Wildman–Crippen LogP) is 2.65. The van der Waals surface area contributed by atoms with Gasteiger partial charge in [-0.2, -0.15) is 0 Å². The first kappa shape index (κ1) is 13.4. The molecule has 1 aliphatic rings. The van der Waals surface area contributed by atoms with Crippen LogP contribution < -0.4 is 10.1 Å². The molecule has 100 valence electrons. The van der Waals surface area contributed by atoms with Crippen LogP contribution in [0.3, 0.4) is 0 Å². The predicted molar refractivity (Wildman–Crippen MR) is 72.8 cm³/mol. The summed E-state index contributed by atoms with van der Waals surface area (Å²) < 4.78 is 6.01.